The average molecular weight is 1370 g/mol. The molecule has 0 N–H and O–H groups in total. The third kappa shape index (κ3) is 80.7. The predicted molar refractivity (Wildman–Crippen MR) is 417 cm³/mol. The Bertz CT molecular complexity index is 1690. The van der Waals surface area contributed by atoms with Crippen LogP contribution in [0.2, 0.25) is 0 Å². The summed E-state index contributed by atoms with van der Waals surface area (Å²) in [5.41, 5.74) is 0. The molecule has 2 unspecified atom stereocenters. The van der Waals surface area contributed by atoms with Gasteiger partial charge in [0, 0.05) is 12.8 Å². The molecule has 97 heavy (non-hydrogen) atoms. The zero-order chi connectivity index (χ0) is 70.4. The number of likely N-dealkylation sites (N-methyl/N-ethyl adjacent to an activating group) is 1. The molecule has 0 aliphatic rings. The molecular formula is C88H167NO8. The highest BCUT2D eigenvalue weighted by atomic mass is 16.7. The summed E-state index contributed by atoms with van der Waals surface area (Å²) in [6.07, 6.45) is 100. The number of ether oxygens (including phenoxy) is 4. The van der Waals surface area contributed by atoms with E-state index in [2.05, 4.69) is 50.3 Å². The molecule has 0 bridgehead atoms. The second-order valence-corrected chi connectivity index (χ2v) is 30.8. The molecule has 0 spiro atoms. The Morgan fingerprint density at radius 3 is 0.825 bits per heavy atom. The number of esters is 2. The fourth-order valence-electron chi connectivity index (χ4n) is 13.3. The number of rotatable bonds is 82. The lowest BCUT2D eigenvalue weighted by atomic mass is 10.0. The summed E-state index contributed by atoms with van der Waals surface area (Å²) >= 11 is 0. The fraction of sp³-hybridized carbons (Fsp3) is 0.898. The lowest BCUT2D eigenvalue weighted by molar-refractivity contribution is -0.870. The van der Waals surface area contributed by atoms with Crippen molar-refractivity contribution in [2.24, 2.45) is 0 Å². The first kappa shape index (κ1) is 94.5. The number of quaternary nitrogens is 1. The van der Waals surface area contributed by atoms with Crippen LogP contribution in [0.1, 0.15) is 450 Å². The topological polar surface area (TPSA) is 111 Å². The van der Waals surface area contributed by atoms with Gasteiger partial charge in [0.25, 0.3) is 0 Å². The molecule has 0 amide bonds. The molecule has 9 nitrogen and oxygen atoms in total. The Balaban J connectivity index is 3.90. The van der Waals surface area contributed by atoms with E-state index in [-0.39, 0.29) is 32.2 Å². The van der Waals surface area contributed by atoms with Crippen LogP contribution < -0.4 is 5.11 Å². The quantitative estimate of drug-likeness (QED) is 0.0195. The van der Waals surface area contributed by atoms with Crippen LogP contribution in [0.4, 0.5) is 0 Å². The lowest BCUT2D eigenvalue weighted by Crippen LogP contribution is -2.44. The Morgan fingerprint density at radius 1 is 0.309 bits per heavy atom. The number of carbonyl (C=O) groups is 3. The fourth-order valence-corrected chi connectivity index (χ4v) is 13.3. The number of hydrogen-bond donors (Lipinski definition) is 0. The van der Waals surface area contributed by atoms with Gasteiger partial charge in [-0.3, -0.25) is 9.59 Å². The van der Waals surface area contributed by atoms with E-state index in [9.17, 15) is 19.5 Å². The first-order valence-corrected chi connectivity index (χ1v) is 43.1. The third-order valence-corrected chi connectivity index (χ3v) is 19.9. The lowest BCUT2D eigenvalue weighted by Gasteiger charge is -2.26. The van der Waals surface area contributed by atoms with Gasteiger partial charge in [-0.25, -0.2) is 0 Å². The maximum atomic E-state index is 13.0. The van der Waals surface area contributed by atoms with Crippen molar-refractivity contribution in [3.05, 3.63) is 36.5 Å². The van der Waals surface area contributed by atoms with Crippen LogP contribution >= 0.6 is 0 Å². The van der Waals surface area contributed by atoms with Crippen molar-refractivity contribution < 1.29 is 42.9 Å². The maximum absolute atomic E-state index is 13.0. The van der Waals surface area contributed by atoms with Crippen molar-refractivity contribution in [3.8, 4) is 0 Å². The van der Waals surface area contributed by atoms with E-state index < -0.39 is 24.3 Å². The molecule has 572 valence electrons. The van der Waals surface area contributed by atoms with Crippen LogP contribution in [0.5, 0.6) is 0 Å². The van der Waals surface area contributed by atoms with Gasteiger partial charge in [0.15, 0.2) is 12.4 Å². The van der Waals surface area contributed by atoms with Crippen LogP contribution in [0.15, 0.2) is 36.5 Å². The van der Waals surface area contributed by atoms with E-state index in [4.69, 9.17) is 18.9 Å². The molecule has 0 heterocycles. The molecule has 0 rings (SSSR count). The van der Waals surface area contributed by atoms with Crippen molar-refractivity contribution >= 4 is 17.9 Å². The zero-order valence-electron chi connectivity index (χ0n) is 65.7. The standard InChI is InChI=1S/C88H167NO8/c1-6-8-10-12-14-16-18-20-22-24-26-28-30-32-34-36-38-39-40-41-42-43-44-45-46-47-49-50-52-54-56-58-60-62-64-66-68-70-72-74-76-78-85(90)95-82-84(83-96-88(87(92)93)94-81-80-89(3,4)5)97-86(91)79-77-75-73-71-69-67-65-63-61-59-57-55-53-51-48-37-35-33-31-29-27-25-23-21-19-17-15-13-11-9-7-2/h19,21,24-27,84,88H,6-18,20,22-23,28-83H2,1-5H3/b21-19-,26-24-,27-25-. The van der Waals surface area contributed by atoms with Gasteiger partial charge in [-0.2, -0.15) is 0 Å². The number of carboxylic acids is 1. The normalized spacial score (nSPS) is 12.7. The molecule has 0 aliphatic carbocycles. The molecule has 0 aromatic heterocycles. The van der Waals surface area contributed by atoms with Crippen molar-refractivity contribution in [2.45, 2.75) is 463 Å². The summed E-state index contributed by atoms with van der Waals surface area (Å²) in [6, 6.07) is 0. The van der Waals surface area contributed by atoms with Crippen LogP contribution in [0, 0.1) is 0 Å². The third-order valence-electron chi connectivity index (χ3n) is 19.9. The smallest absolute Gasteiger partial charge is 0.306 e. The Morgan fingerprint density at radius 2 is 0.557 bits per heavy atom. The number of hydrogen-bond acceptors (Lipinski definition) is 8. The average Bonchev–Trinajstić information content (AvgIpc) is 2.39. The van der Waals surface area contributed by atoms with Crippen LogP contribution in [0.25, 0.3) is 0 Å². The maximum Gasteiger partial charge on any atom is 0.306 e. The van der Waals surface area contributed by atoms with Gasteiger partial charge in [0.1, 0.15) is 13.2 Å². The van der Waals surface area contributed by atoms with E-state index in [0.29, 0.717) is 17.4 Å². The molecule has 0 aliphatic heterocycles. The van der Waals surface area contributed by atoms with Gasteiger partial charge >= 0.3 is 11.9 Å². The van der Waals surface area contributed by atoms with Crippen LogP contribution in [-0.2, 0) is 33.3 Å². The van der Waals surface area contributed by atoms with E-state index in [1.165, 1.54) is 379 Å². The Labute approximate surface area is 604 Å². The van der Waals surface area contributed by atoms with E-state index in [0.717, 1.165) is 44.9 Å². The van der Waals surface area contributed by atoms with E-state index >= 15 is 0 Å². The molecule has 0 saturated heterocycles. The van der Waals surface area contributed by atoms with Gasteiger partial charge in [-0.05, 0) is 70.6 Å². The first-order chi connectivity index (χ1) is 47.6. The van der Waals surface area contributed by atoms with Gasteiger partial charge in [-0.15, -0.1) is 0 Å². The van der Waals surface area contributed by atoms with E-state index in [1.54, 1.807) is 0 Å². The summed E-state index contributed by atoms with van der Waals surface area (Å²) < 4.78 is 22.9. The summed E-state index contributed by atoms with van der Waals surface area (Å²) in [7, 11) is 5.96. The summed E-state index contributed by atoms with van der Waals surface area (Å²) in [4.78, 5) is 37.6. The van der Waals surface area contributed by atoms with Crippen LogP contribution in [-0.4, -0.2) is 82.3 Å². The highest BCUT2D eigenvalue weighted by Crippen LogP contribution is 2.21. The number of nitrogens with zero attached hydrogens (tertiary/aromatic N) is 1. The molecular weight excluding hydrogens is 1200 g/mol. The number of unbranched alkanes of at least 4 members (excludes halogenated alkanes) is 61. The highest BCUT2D eigenvalue weighted by Gasteiger charge is 2.22. The Kier molecular flexibility index (Phi) is 77.2. The van der Waals surface area contributed by atoms with Gasteiger partial charge in [0.2, 0.25) is 0 Å². The number of aliphatic carboxylic acids is 1. The monoisotopic (exact) mass is 1370 g/mol. The summed E-state index contributed by atoms with van der Waals surface area (Å²) in [6.45, 7) is 4.82. The van der Waals surface area contributed by atoms with Gasteiger partial charge in [-0.1, -0.05) is 403 Å². The van der Waals surface area contributed by atoms with Crippen molar-refractivity contribution in [2.75, 3.05) is 47.5 Å². The Hall–Kier alpha value is -2.49. The zero-order valence-corrected chi connectivity index (χ0v) is 65.7. The van der Waals surface area contributed by atoms with Crippen molar-refractivity contribution in [1.82, 2.24) is 0 Å². The molecule has 2 atom stereocenters. The first-order valence-electron chi connectivity index (χ1n) is 43.1. The highest BCUT2D eigenvalue weighted by molar-refractivity contribution is 5.70. The van der Waals surface area contributed by atoms with Crippen molar-refractivity contribution in [1.29, 1.82) is 0 Å². The molecule has 0 aromatic rings. The molecule has 0 radical (unpaired) electrons. The minimum atomic E-state index is -1.62. The van der Waals surface area contributed by atoms with Crippen molar-refractivity contribution in [3.63, 3.8) is 0 Å². The molecule has 0 aromatic carbocycles. The minimum absolute atomic E-state index is 0.151. The number of carboxylic acid groups (broad SMARTS) is 1. The number of carbonyl (C=O) groups excluding carboxylic acids is 3. The van der Waals surface area contributed by atoms with Gasteiger partial charge < -0.3 is 33.3 Å². The molecule has 0 saturated carbocycles. The largest absolute Gasteiger partial charge is 0.545 e. The molecule has 9 heteroatoms. The minimum Gasteiger partial charge on any atom is -0.545 e. The summed E-state index contributed by atoms with van der Waals surface area (Å²) in [5.74, 6) is -2.25. The predicted octanol–water partition coefficient (Wildman–Crippen LogP) is 26.5. The second kappa shape index (κ2) is 79.2. The molecule has 0 fully saturated rings. The second-order valence-electron chi connectivity index (χ2n) is 30.8. The number of allylic oxidation sites excluding steroid dienone is 6. The van der Waals surface area contributed by atoms with E-state index in [1.807, 2.05) is 21.1 Å². The summed E-state index contributed by atoms with van der Waals surface area (Å²) in [5, 5.41) is 11.9. The SMILES string of the molecule is CCCCCCC/C=C\C/C=C\CCCCCCCCCCCCCCCCCCCCCC(=O)OC(COC(=O)CCCCCCCCCCCCCCCCCCCCCCCCCCCCCCC/C=C\CCCCCCCCCC)COC(OCC[N+](C)(C)C)C(=O)[O-]. The van der Waals surface area contributed by atoms with Gasteiger partial charge in [0.05, 0.1) is 40.3 Å². The van der Waals surface area contributed by atoms with Crippen LogP contribution in [0.3, 0.4) is 0 Å².